The maximum absolute atomic E-state index is 13.4. The van der Waals surface area contributed by atoms with Crippen molar-refractivity contribution < 1.29 is 29.3 Å². The van der Waals surface area contributed by atoms with E-state index < -0.39 is 17.7 Å². The van der Waals surface area contributed by atoms with Gasteiger partial charge in [0.2, 0.25) is 0 Å². The summed E-state index contributed by atoms with van der Waals surface area (Å²) in [6, 6.07) is 10.9. The summed E-state index contributed by atoms with van der Waals surface area (Å²) in [4.78, 5) is 28.2. The molecule has 1 aliphatic rings. The molecular formula is C28H29NO6. The van der Waals surface area contributed by atoms with Crippen LogP contribution in [0.25, 0.3) is 0 Å². The zero-order valence-corrected chi connectivity index (χ0v) is 20.0. The topological polar surface area (TPSA) is 96.3 Å². The molecule has 0 unspecified atom stereocenters. The SMILES string of the molecule is C/C=C/C=C/C=C/C(O)=C1\C(=O)[C@H](Cc2ccc(O)cc2)N(Cc2ccc(OC)cc2OC)C1=O. The minimum absolute atomic E-state index is 0.0994. The fourth-order valence-corrected chi connectivity index (χ4v) is 3.81. The van der Waals surface area contributed by atoms with E-state index in [-0.39, 0.29) is 30.0 Å². The van der Waals surface area contributed by atoms with Crippen LogP contribution < -0.4 is 9.47 Å². The van der Waals surface area contributed by atoms with Gasteiger partial charge in [0, 0.05) is 18.1 Å². The van der Waals surface area contributed by atoms with Gasteiger partial charge in [-0.3, -0.25) is 9.59 Å². The van der Waals surface area contributed by atoms with Gasteiger partial charge in [0.25, 0.3) is 5.91 Å². The molecule has 0 radical (unpaired) electrons. The minimum Gasteiger partial charge on any atom is -0.508 e. The number of methoxy groups -OCH3 is 2. The fraction of sp³-hybridized carbons (Fsp3) is 0.214. The van der Waals surface area contributed by atoms with Gasteiger partial charge >= 0.3 is 0 Å². The van der Waals surface area contributed by atoms with Crippen molar-refractivity contribution in [2.24, 2.45) is 0 Å². The number of nitrogens with zero attached hydrogens (tertiary/aromatic N) is 1. The Labute approximate surface area is 204 Å². The summed E-state index contributed by atoms with van der Waals surface area (Å²) in [6.45, 7) is 1.98. The Kier molecular flexibility index (Phi) is 8.51. The molecule has 182 valence electrons. The van der Waals surface area contributed by atoms with Crippen LogP contribution in [0.4, 0.5) is 0 Å². The maximum Gasteiger partial charge on any atom is 0.262 e. The molecule has 1 saturated heterocycles. The quantitative estimate of drug-likeness (QED) is 0.241. The number of ketones is 1. The van der Waals surface area contributed by atoms with E-state index in [0.717, 1.165) is 5.56 Å². The van der Waals surface area contributed by atoms with Crippen molar-refractivity contribution in [1.82, 2.24) is 4.90 Å². The third-order valence-electron chi connectivity index (χ3n) is 5.64. The normalized spacial score (nSPS) is 17.8. The first-order valence-electron chi connectivity index (χ1n) is 11.1. The van der Waals surface area contributed by atoms with Crippen LogP contribution in [-0.4, -0.2) is 47.1 Å². The number of hydrogen-bond donors (Lipinski definition) is 2. The number of carbonyl (C=O) groups excluding carboxylic acids is 2. The number of likely N-dealkylation sites (tertiary alicyclic amines) is 1. The van der Waals surface area contributed by atoms with Gasteiger partial charge in [0.15, 0.2) is 5.78 Å². The van der Waals surface area contributed by atoms with Crippen LogP contribution >= 0.6 is 0 Å². The number of benzene rings is 2. The van der Waals surface area contributed by atoms with Gasteiger partial charge in [0.05, 0.1) is 20.8 Å². The molecule has 1 heterocycles. The number of aromatic hydroxyl groups is 1. The highest BCUT2D eigenvalue weighted by atomic mass is 16.5. The Bertz CT molecular complexity index is 1190. The Balaban J connectivity index is 1.99. The predicted octanol–water partition coefficient (Wildman–Crippen LogP) is 4.43. The summed E-state index contributed by atoms with van der Waals surface area (Å²) in [5, 5.41) is 20.2. The van der Waals surface area contributed by atoms with Gasteiger partial charge < -0.3 is 24.6 Å². The smallest absolute Gasteiger partial charge is 0.262 e. The molecule has 1 amide bonds. The van der Waals surface area contributed by atoms with E-state index in [1.165, 1.54) is 30.2 Å². The van der Waals surface area contributed by atoms with Crippen LogP contribution in [-0.2, 0) is 22.6 Å². The number of Topliss-reactive ketones (excluding diaryl/α,β-unsaturated/α-hetero) is 1. The highest BCUT2D eigenvalue weighted by Gasteiger charge is 2.45. The molecule has 1 aliphatic heterocycles. The molecular weight excluding hydrogens is 446 g/mol. The molecule has 0 aromatic heterocycles. The third-order valence-corrected chi connectivity index (χ3v) is 5.64. The van der Waals surface area contributed by atoms with Gasteiger partial charge in [-0.1, -0.05) is 42.5 Å². The maximum atomic E-state index is 13.4. The molecule has 1 atom stereocenters. The molecule has 0 saturated carbocycles. The van der Waals surface area contributed by atoms with E-state index in [1.54, 1.807) is 55.7 Å². The minimum atomic E-state index is -0.831. The molecule has 2 N–H and O–H groups in total. The lowest BCUT2D eigenvalue weighted by molar-refractivity contribution is -0.127. The van der Waals surface area contributed by atoms with Crippen molar-refractivity contribution in [1.29, 1.82) is 0 Å². The number of phenolic OH excluding ortho intramolecular Hbond substituents is 1. The number of allylic oxidation sites excluding steroid dienone is 6. The van der Waals surface area contributed by atoms with Gasteiger partial charge in [-0.25, -0.2) is 0 Å². The van der Waals surface area contributed by atoms with Crippen molar-refractivity contribution in [2.75, 3.05) is 14.2 Å². The zero-order valence-electron chi connectivity index (χ0n) is 20.0. The molecule has 7 heteroatoms. The van der Waals surface area contributed by atoms with Crippen LogP contribution in [0.2, 0.25) is 0 Å². The van der Waals surface area contributed by atoms with Crippen molar-refractivity contribution >= 4 is 11.7 Å². The summed E-state index contributed by atoms with van der Waals surface area (Å²) in [5.41, 5.74) is 1.21. The molecule has 2 aromatic rings. The summed E-state index contributed by atoms with van der Waals surface area (Å²) in [6.07, 6.45) is 10.2. The van der Waals surface area contributed by atoms with Gasteiger partial charge in [-0.2, -0.15) is 0 Å². The second-order valence-corrected chi connectivity index (χ2v) is 7.89. The second kappa shape index (κ2) is 11.7. The Morgan fingerprint density at radius 2 is 1.71 bits per heavy atom. The summed E-state index contributed by atoms with van der Waals surface area (Å²) >= 11 is 0. The average molecular weight is 476 g/mol. The van der Waals surface area contributed by atoms with Crippen LogP contribution in [0, 0.1) is 0 Å². The number of ether oxygens (including phenoxy) is 2. The molecule has 2 aromatic carbocycles. The fourth-order valence-electron chi connectivity index (χ4n) is 3.81. The summed E-state index contributed by atoms with van der Waals surface area (Å²) < 4.78 is 10.7. The lowest BCUT2D eigenvalue weighted by Crippen LogP contribution is -2.36. The first kappa shape index (κ1) is 25.4. The van der Waals surface area contributed by atoms with Gasteiger partial charge in [0.1, 0.15) is 34.6 Å². The van der Waals surface area contributed by atoms with E-state index >= 15 is 0 Å². The van der Waals surface area contributed by atoms with E-state index in [9.17, 15) is 19.8 Å². The third kappa shape index (κ3) is 6.00. The van der Waals surface area contributed by atoms with Crippen LogP contribution in [0.5, 0.6) is 17.2 Å². The van der Waals surface area contributed by atoms with Crippen LogP contribution in [0.15, 0.2) is 90.3 Å². The van der Waals surface area contributed by atoms with Crippen molar-refractivity contribution in [3.8, 4) is 17.2 Å². The predicted molar refractivity (Wildman–Crippen MR) is 133 cm³/mol. The number of aliphatic hydroxyl groups excluding tert-OH is 1. The first-order valence-corrected chi connectivity index (χ1v) is 11.1. The van der Waals surface area contributed by atoms with Crippen LogP contribution in [0.1, 0.15) is 18.1 Å². The number of carbonyl (C=O) groups is 2. The van der Waals surface area contributed by atoms with Crippen molar-refractivity contribution in [3.63, 3.8) is 0 Å². The molecule has 1 fully saturated rings. The number of phenols is 1. The molecule has 3 rings (SSSR count). The molecule has 7 nitrogen and oxygen atoms in total. The number of aliphatic hydroxyl groups is 1. The van der Waals surface area contributed by atoms with E-state index in [0.29, 0.717) is 17.1 Å². The van der Waals surface area contributed by atoms with Crippen molar-refractivity contribution in [3.05, 3.63) is 101 Å². The van der Waals surface area contributed by atoms with E-state index in [1.807, 2.05) is 19.1 Å². The van der Waals surface area contributed by atoms with Crippen molar-refractivity contribution in [2.45, 2.75) is 25.9 Å². The Morgan fingerprint density at radius 3 is 2.37 bits per heavy atom. The second-order valence-electron chi connectivity index (χ2n) is 7.89. The van der Waals surface area contributed by atoms with Gasteiger partial charge in [-0.15, -0.1) is 0 Å². The summed E-state index contributed by atoms with van der Waals surface area (Å²) in [5.74, 6) is -0.179. The molecule has 35 heavy (non-hydrogen) atoms. The Morgan fingerprint density at radius 1 is 1.00 bits per heavy atom. The lowest BCUT2D eigenvalue weighted by atomic mass is 10.00. The highest BCUT2D eigenvalue weighted by Crippen LogP contribution is 2.32. The highest BCUT2D eigenvalue weighted by molar-refractivity contribution is 6.27. The largest absolute Gasteiger partial charge is 0.508 e. The van der Waals surface area contributed by atoms with E-state index in [4.69, 9.17) is 9.47 Å². The zero-order chi connectivity index (χ0) is 25.4. The van der Waals surface area contributed by atoms with Gasteiger partial charge in [-0.05, 0) is 42.8 Å². The number of rotatable bonds is 9. The van der Waals surface area contributed by atoms with Crippen LogP contribution in [0.3, 0.4) is 0 Å². The molecule has 0 bridgehead atoms. The number of amides is 1. The molecule has 0 spiro atoms. The average Bonchev–Trinajstić information content (AvgIpc) is 3.09. The lowest BCUT2D eigenvalue weighted by Gasteiger charge is -2.24. The molecule has 0 aliphatic carbocycles. The number of hydrogen-bond acceptors (Lipinski definition) is 6. The Hall–Kier alpha value is -4.26. The first-order chi connectivity index (χ1) is 16.9. The monoisotopic (exact) mass is 475 g/mol. The van der Waals surface area contributed by atoms with E-state index in [2.05, 4.69) is 0 Å². The summed E-state index contributed by atoms with van der Waals surface area (Å²) in [7, 11) is 3.07. The standard InChI is InChI=1S/C28H29NO6/c1-4-5-6-7-8-9-24(31)26-27(32)23(16-19-10-13-21(30)14-11-19)29(28(26)33)18-20-12-15-22(34-2)17-25(20)35-3/h4-15,17,23,30-31H,16,18H2,1-3H3/b5-4+,7-6+,9-8+,26-24-/t23-/m0/s1.